The second kappa shape index (κ2) is 62.1. The highest BCUT2D eigenvalue weighted by Gasteiger charge is 2.27. The Balaban J connectivity index is 4.61. The van der Waals surface area contributed by atoms with Crippen molar-refractivity contribution in [1.82, 2.24) is 0 Å². The second-order valence-corrected chi connectivity index (χ2v) is 26.6. The molecular weight excluding hydrogens is 923 g/mol. The van der Waals surface area contributed by atoms with E-state index >= 15 is 0 Å². The molecule has 0 bridgehead atoms. The fraction of sp³-hybridized carbons (Fsp3) is 1.00. The number of nitrogens with zero attached hydrogens (tertiary/aromatic N) is 1. The summed E-state index contributed by atoms with van der Waals surface area (Å²) in [5, 5.41) is 0. The van der Waals surface area contributed by atoms with Crippen LogP contribution in [0, 0.1) is 0 Å². The Hall–Kier alpha value is -0.130. The first-order valence-corrected chi connectivity index (χ1v) is 36.8. The normalized spacial score (nSPS) is 12.2. The molecule has 0 spiro atoms. The van der Waals surface area contributed by atoms with Gasteiger partial charge in [0.05, 0.1) is 31.9 Å². The lowest BCUT2D eigenvalue weighted by atomic mass is 10.0. The molecule has 0 atom stereocenters. The highest BCUT2D eigenvalue weighted by Crippen LogP contribution is 2.22. The lowest BCUT2D eigenvalue weighted by Gasteiger charge is -2.39. The van der Waals surface area contributed by atoms with E-state index in [0.717, 1.165) is 11.0 Å². The van der Waals surface area contributed by atoms with Crippen molar-refractivity contribution in [2.45, 2.75) is 412 Å². The Morgan fingerprint density at radius 3 is 0.459 bits per heavy atom. The van der Waals surface area contributed by atoms with Crippen LogP contribution in [0.2, 0.25) is 0 Å². The van der Waals surface area contributed by atoms with E-state index in [2.05, 4.69) is 20.8 Å². The zero-order valence-electron chi connectivity index (χ0n) is 51.8. The van der Waals surface area contributed by atoms with Gasteiger partial charge in [0.1, 0.15) is 0 Å². The van der Waals surface area contributed by atoms with Crippen LogP contribution in [-0.4, -0.2) is 49.4 Å². The Morgan fingerprint density at radius 2 is 0.324 bits per heavy atom. The molecule has 0 unspecified atom stereocenters. The molecule has 0 rings (SSSR count). The summed E-state index contributed by atoms with van der Waals surface area (Å²) in [4.78, 5) is 0. The van der Waals surface area contributed by atoms with Gasteiger partial charge in [-0.15, -0.1) is 0 Å². The molecule has 0 fully saturated rings. The van der Waals surface area contributed by atoms with Gasteiger partial charge in [0, 0.05) is 6.42 Å². The van der Waals surface area contributed by atoms with Crippen molar-refractivity contribution in [3.05, 3.63) is 0 Å². The van der Waals surface area contributed by atoms with Gasteiger partial charge in [-0.1, -0.05) is 367 Å². The Labute approximate surface area is 469 Å². The summed E-state index contributed by atoms with van der Waals surface area (Å²) in [5.41, 5.74) is 0. The van der Waals surface area contributed by atoms with Crippen LogP contribution in [0.5, 0.6) is 0 Å². The standard InChI is InChI=1S/C69H141NO3S/c1-4-7-10-13-16-19-22-25-28-31-34-37-40-43-46-49-52-55-58-61-65-70(68-64-69-74(71,72)73,66-62-59-56-53-50-47-44-41-38-35-32-29-26-23-20-17-14-11-8-5-2)67-63-60-57-54-51-48-45-42-39-36-33-30-27-24-21-18-15-12-9-6-3/h4-69H2,1-3H3/p+1. The lowest BCUT2D eigenvalue weighted by Crippen LogP contribution is -2.51. The highest BCUT2D eigenvalue weighted by atomic mass is 32.2. The van der Waals surface area contributed by atoms with Crippen LogP contribution >= 0.6 is 0 Å². The summed E-state index contributed by atoms with van der Waals surface area (Å²) in [7, 11) is -3.92. The third kappa shape index (κ3) is 61.1. The van der Waals surface area contributed by atoms with Crippen LogP contribution < -0.4 is 0 Å². The zero-order chi connectivity index (χ0) is 53.7. The molecule has 0 aromatic heterocycles. The number of hydrogen-bond acceptors (Lipinski definition) is 2. The molecule has 0 aromatic carbocycles. The fourth-order valence-corrected chi connectivity index (χ4v) is 12.9. The fourth-order valence-electron chi connectivity index (χ4n) is 12.4. The average molecular weight is 1070 g/mol. The van der Waals surface area contributed by atoms with E-state index in [1.807, 2.05) is 0 Å². The predicted molar refractivity (Wildman–Crippen MR) is 335 cm³/mol. The van der Waals surface area contributed by atoms with Gasteiger partial charge in [-0.3, -0.25) is 4.55 Å². The lowest BCUT2D eigenvalue weighted by molar-refractivity contribution is -0.928. The minimum absolute atomic E-state index is 0.0786. The molecule has 0 heterocycles. The minimum atomic E-state index is -3.92. The maximum absolute atomic E-state index is 11.9. The van der Waals surface area contributed by atoms with Crippen molar-refractivity contribution < 1.29 is 17.5 Å². The van der Waals surface area contributed by atoms with Crippen LogP contribution in [0.25, 0.3) is 0 Å². The SMILES string of the molecule is CCCCCCCCCCCCCCCCCCCCCC[N+](CCCCCCCCCCCCCCCCCCCCCC)(CCCCCCCCCCCCCCCCCCCCCC)CCCS(=O)(=O)O. The molecule has 0 aliphatic heterocycles. The molecule has 4 nitrogen and oxygen atoms in total. The first-order chi connectivity index (χ1) is 36.4. The van der Waals surface area contributed by atoms with Gasteiger partial charge in [-0.05, 0) is 38.5 Å². The number of unbranched alkanes of at least 4 members (excludes halogenated alkanes) is 57. The molecule has 0 aliphatic rings. The third-order valence-corrected chi connectivity index (χ3v) is 18.3. The molecular formula is C69H142NO3S+. The second-order valence-electron chi connectivity index (χ2n) is 25.0. The molecule has 1 N–H and O–H groups in total. The molecule has 446 valence electrons. The Bertz CT molecular complexity index is 1020. The van der Waals surface area contributed by atoms with Crippen molar-refractivity contribution >= 4 is 10.1 Å². The van der Waals surface area contributed by atoms with Crippen molar-refractivity contribution in [3.63, 3.8) is 0 Å². The van der Waals surface area contributed by atoms with E-state index in [-0.39, 0.29) is 5.75 Å². The summed E-state index contributed by atoms with van der Waals surface area (Å²) in [6.45, 7) is 11.4. The van der Waals surface area contributed by atoms with Crippen molar-refractivity contribution in [2.75, 3.05) is 31.9 Å². The maximum Gasteiger partial charge on any atom is 0.265 e. The minimum Gasteiger partial charge on any atom is -0.324 e. The first-order valence-electron chi connectivity index (χ1n) is 35.2. The summed E-state index contributed by atoms with van der Waals surface area (Å²) in [6.07, 6.45) is 85.3. The van der Waals surface area contributed by atoms with Crippen LogP contribution in [0.3, 0.4) is 0 Å². The molecule has 0 aliphatic carbocycles. The van der Waals surface area contributed by atoms with E-state index in [1.54, 1.807) is 0 Å². The van der Waals surface area contributed by atoms with Gasteiger partial charge in [0.15, 0.2) is 0 Å². The van der Waals surface area contributed by atoms with E-state index in [9.17, 15) is 13.0 Å². The van der Waals surface area contributed by atoms with Gasteiger partial charge in [0.2, 0.25) is 0 Å². The molecule has 0 amide bonds. The van der Waals surface area contributed by atoms with Crippen molar-refractivity contribution in [2.24, 2.45) is 0 Å². The first kappa shape index (κ1) is 73.9. The van der Waals surface area contributed by atoms with E-state index in [1.165, 1.54) is 405 Å². The van der Waals surface area contributed by atoms with Crippen LogP contribution in [0.4, 0.5) is 0 Å². The van der Waals surface area contributed by atoms with Crippen molar-refractivity contribution in [1.29, 1.82) is 0 Å². The number of rotatable bonds is 67. The Morgan fingerprint density at radius 1 is 0.203 bits per heavy atom. The largest absolute Gasteiger partial charge is 0.324 e. The van der Waals surface area contributed by atoms with E-state index < -0.39 is 10.1 Å². The number of quaternary nitrogens is 1. The predicted octanol–water partition coefficient (Wildman–Crippen LogP) is 24.5. The third-order valence-electron chi connectivity index (χ3n) is 17.5. The summed E-state index contributed by atoms with van der Waals surface area (Å²) in [5.74, 6) is -0.0786. The molecule has 74 heavy (non-hydrogen) atoms. The molecule has 0 aromatic rings. The zero-order valence-corrected chi connectivity index (χ0v) is 52.6. The monoisotopic (exact) mass is 1070 g/mol. The number of hydrogen-bond donors (Lipinski definition) is 1. The highest BCUT2D eigenvalue weighted by molar-refractivity contribution is 7.85. The summed E-state index contributed by atoms with van der Waals surface area (Å²) in [6, 6.07) is 0. The van der Waals surface area contributed by atoms with E-state index in [0.29, 0.717) is 6.42 Å². The topological polar surface area (TPSA) is 54.4 Å². The smallest absolute Gasteiger partial charge is 0.265 e. The van der Waals surface area contributed by atoms with Gasteiger partial charge >= 0.3 is 0 Å². The molecule has 5 heteroatoms. The van der Waals surface area contributed by atoms with E-state index in [4.69, 9.17) is 0 Å². The molecule has 0 saturated carbocycles. The summed E-state index contributed by atoms with van der Waals surface area (Å²) < 4.78 is 34.6. The van der Waals surface area contributed by atoms with Crippen molar-refractivity contribution in [3.8, 4) is 0 Å². The summed E-state index contributed by atoms with van der Waals surface area (Å²) >= 11 is 0. The van der Waals surface area contributed by atoms with Crippen LogP contribution in [0.15, 0.2) is 0 Å². The van der Waals surface area contributed by atoms with Crippen LogP contribution in [-0.2, 0) is 10.1 Å². The average Bonchev–Trinajstić information content (AvgIpc) is 3.38. The van der Waals surface area contributed by atoms with Gasteiger partial charge < -0.3 is 4.48 Å². The molecule has 0 saturated heterocycles. The molecule has 0 radical (unpaired) electrons. The maximum atomic E-state index is 11.9. The Kier molecular flexibility index (Phi) is 62.0. The quantitative estimate of drug-likeness (QED) is 0.0375. The van der Waals surface area contributed by atoms with Gasteiger partial charge in [-0.25, -0.2) is 0 Å². The van der Waals surface area contributed by atoms with Gasteiger partial charge in [-0.2, -0.15) is 8.42 Å². The van der Waals surface area contributed by atoms with Crippen LogP contribution in [0.1, 0.15) is 412 Å². The van der Waals surface area contributed by atoms with Gasteiger partial charge in [0.25, 0.3) is 10.1 Å².